The SMILES string of the molecule is COc1ccc2[nH+]c3c(cc2c1)[C@@H](O)NC(=O)[C@H]1CCCN31. The van der Waals surface area contributed by atoms with Crippen LogP contribution in [0.5, 0.6) is 5.75 Å². The predicted octanol–water partition coefficient (Wildman–Crippen LogP) is 0.752. The van der Waals surface area contributed by atoms with Crippen LogP contribution in [0.2, 0.25) is 0 Å². The highest BCUT2D eigenvalue weighted by Gasteiger charge is 2.43. The first-order valence-electron chi connectivity index (χ1n) is 7.46. The summed E-state index contributed by atoms with van der Waals surface area (Å²) in [4.78, 5) is 17.7. The first-order valence-corrected chi connectivity index (χ1v) is 7.46. The van der Waals surface area contributed by atoms with Crippen molar-refractivity contribution in [2.45, 2.75) is 25.1 Å². The second-order valence-corrected chi connectivity index (χ2v) is 5.79. The van der Waals surface area contributed by atoms with Crippen molar-refractivity contribution in [3.63, 3.8) is 0 Å². The second-order valence-electron chi connectivity index (χ2n) is 5.79. The lowest BCUT2D eigenvalue weighted by molar-refractivity contribution is -0.331. The number of aromatic nitrogens is 1. The number of benzene rings is 1. The third kappa shape index (κ3) is 1.91. The quantitative estimate of drug-likeness (QED) is 0.815. The molecule has 6 heteroatoms. The van der Waals surface area contributed by atoms with E-state index in [9.17, 15) is 9.90 Å². The number of aromatic amines is 1. The number of nitrogens with one attached hydrogen (secondary N) is 2. The highest BCUT2D eigenvalue weighted by molar-refractivity contribution is 5.88. The Labute approximate surface area is 127 Å². The number of hydrogen-bond acceptors (Lipinski definition) is 4. The van der Waals surface area contributed by atoms with E-state index in [1.807, 2.05) is 24.3 Å². The minimum atomic E-state index is -1.00. The van der Waals surface area contributed by atoms with Crippen molar-refractivity contribution in [2.75, 3.05) is 18.6 Å². The summed E-state index contributed by atoms with van der Waals surface area (Å²) in [5, 5.41) is 14.0. The number of fused-ring (bicyclic) bond motifs is 4. The first kappa shape index (κ1) is 13.3. The molecule has 1 aromatic heterocycles. The number of pyridine rings is 1. The molecule has 3 N–H and O–H groups in total. The molecule has 1 saturated heterocycles. The lowest BCUT2D eigenvalue weighted by Crippen LogP contribution is -2.42. The molecular formula is C16H18N3O3+. The number of anilines is 1. The van der Waals surface area contributed by atoms with Crippen LogP contribution in [-0.2, 0) is 4.79 Å². The zero-order valence-corrected chi connectivity index (χ0v) is 12.3. The Hall–Kier alpha value is -2.34. The van der Waals surface area contributed by atoms with Gasteiger partial charge in [0.25, 0.3) is 11.7 Å². The van der Waals surface area contributed by atoms with E-state index in [2.05, 4.69) is 15.2 Å². The van der Waals surface area contributed by atoms with Crippen LogP contribution in [0.4, 0.5) is 5.82 Å². The highest BCUT2D eigenvalue weighted by atomic mass is 16.5. The number of amides is 1. The van der Waals surface area contributed by atoms with Gasteiger partial charge in [0.15, 0.2) is 12.3 Å². The Balaban J connectivity index is 1.93. The largest absolute Gasteiger partial charge is 0.497 e. The molecule has 0 saturated carbocycles. The lowest BCUT2D eigenvalue weighted by atomic mass is 10.1. The van der Waals surface area contributed by atoms with Gasteiger partial charge >= 0.3 is 0 Å². The van der Waals surface area contributed by atoms with E-state index in [-0.39, 0.29) is 11.9 Å². The summed E-state index contributed by atoms with van der Waals surface area (Å²) in [5.41, 5.74) is 1.64. The van der Waals surface area contributed by atoms with E-state index in [0.717, 1.165) is 41.9 Å². The smallest absolute Gasteiger partial charge is 0.283 e. The Bertz CT molecular complexity index is 762. The predicted molar refractivity (Wildman–Crippen MR) is 80.5 cm³/mol. The van der Waals surface area contributed by atoms with E-state index >= 15 is 0 Å². The molecule has 6 nitrogen and oxygen atoms in total. The number of hydrogen-bond donors (Lipinski definition) is 2. The molecule has 1 amide bonds. The molecule has 0 spiro atoms. The summed E-state index contributed by atoms with van der Waals surface area (Å²) >= 11 is 0. The van der Waals surface area contributed by atoms with E-state index in [1.54, 1.807) is 7.11 Å². The normalized spacial score (nSPS) is 23.7. The molecule has 2 atom stereocenters. The fraction of sp³-hybridized carbons (Fsp3) is 0.375. The molecule has 2 aromatic rings. The number of carbonyl (C=O) groups is 1. The number of nitrogens with zero attached hydrogens (tertiary/aromatic N) is 1. The maximum absolute atomic E-state index is 12.2. The molecule has 22 heavy (non-hydrogen) atoms. The third-order valence-electron chi connectivity index (χ3n) is 4.51. The highest BCUT2D eigenvalue weighted by Crippen LogP contribution is 2.33. The third-order valence-corrected chi connectivity index (χ3v) is 4.51. The Morgan fingerprint density at radius 3 is 3.09 bits per heavy atom. The van der Waals surface area contributed by atoms with Crippen molar-refractivity contribution in [3.05, 3.63) is 29.8 Å². The molecule has 114 valence electrons. The van der Waals surface area contributed by atoms with Gasteiger partial charge in [0, 0.05) is 11.8 Å². The molecule has 1 aromatic carbocycles. The maximum Gasteiger partial charge on any atom is 0.283 e. The van der Waals surface area contributed by atoms with Crippen molar-refractivity contribution in [1.29, 1.82) is 0 Å². The number of aliphatic hydroxyl groups excluding tert-OH is 1. The van der Waals surface area contributed by atoms with Gasteiger partial charge in [0.1, 0.15) is 11.3 Å². The summed E-state index contributed by atoms with van der Waals surface area (Å²) in [6.45, 7) is 0.815. The zero-order chi connectivity index (χ0) is 15.3. The minimum absolute atomic E-state index is 0.115. The molecule has 1 fully saturated rings. The fourth-order valence-electron chi connectivity index (χ4n) is 3.40. The van der Waals surface area contributed by atoms with Crippen LogP contribution in [-0.4, -0.2) is 30.7 Å². The number of carbonyl (C=O) groups excluding carboxylic acids is 1. The number of H-pyrrole nitrogens is 1. The van der Waals surface area contributed by atoms with Gasteiger partial charge in [-0.25, -0.2) is 9.88 Å². The van der Waals surface area contributed by atoms with Crippen LogP contribution in [0, 0.1) is 0 Å². The van der Waals surface area contributed by atoms with E-state index in [4.69, 9.17) is 4.74 Å². The number of ether oxygens (including phenoxy) is 1. The van der Waals surface area contributed by atoms with Gasteiger partial charge in [-0.3, -0.25) is 4.79 Å². The molecule has 3 heterocycles. The van der Waals surface area contributed by atoms with Gasteiger partial charge in [-0.1, -0.05) is 0 Å². The van der Waals surface area contributed by atoms with Gasteiger partial charge in [-0.15, -0.1) is 0 Å². The second kappa shape index (κ2) is 4.84. The topological polar surface area (TPSA) is 75.9 Å². The molecule has 0 radical (unpaired) electrons. The number of aliphatic hydroxyl groups is 1. The summed E-state index contributed by atoms with van der Waals surface area (Å²) in [6, 6.07) is 7.46. The van der Waals surface area contributed by atoms with Gasteiger partial charge < -0.3 is 15.2 Å². The van der Waals surface area contributed by atoms with E-state index < -0.39 is 6.23 Å². The summed E-state index contributed by atoms with van der Waals surface area (Å²) in [5.74, 6) is 1.47. The van der Waals surface area contributed by atoms with Gasteiger partial charge in [0.2, 0.25) is 0 Å². The van der Waals surface area contributed by atoms with E-state index in [1.165, 1.54) is 0 Å². The summed E-state index contributed by atoms with van der Waals surface area (Å²) < 4.78 is 5.25. The standard InChI is InChI=1S/C16H17N3O3/c1-22-10-4-5-12-9(7-10)8-11-14(17-12)19-6-2-3-13(19)16(21)18-15(11)20/h4-5,7-8,13,15,20H,2-3,6H2,1H3,(H,18,21)/p+1/t13-,15-/m1/s1. The van der Waals surface area contributed by atoms with Crippen molar-refractivity contribution < 1.29 is 19.6 Å². The monoisotopic (exact) mass is 300 g/mol. The van der Waals surface area contributed by atoms with Gasteiger partial charge in [-0.2, -0.15) is 0 Å². The molecule has 2 aliphatic rings. The number of rotatable bonds is 1. The summed E-state index contributed by atoms with van der Waals surface area (Å²) in [6.07, 6.45) is 0.786. The average Bonchev–Trinajstić information content (AvgIpc) is 2.99. The van der Waals surface area contributed by atoms with Gasteiger partial charge in [-0.05, 0) is 30.7 Å². The molecule has 0 bridgehead atoms. The average molecular weight is 300 g/mol. The maximum atomic E-state index is 12.2. The summed E-state index contributed by atoms with van der Waals surface area (Å²) in [7, 11) is 1.62. The molecular weight excluding hydrogens is 282 g/mol. The lowest BCUT2D eigenvalue weighted by Gasteiger charge is -2.16. The minimum Gasteiger partial charge on any atom is -0.497 e. The zero-order valence-electron chi connectivity index (χ0n) is 12.3. The molecule has 4 rings (SSSR count). The number of methoxy groups -OCH3 is 1. The Morgan fingerprint density at radius 2 is 2.27 bits per heavy atom. The Morgan fingerprint density at radius 1 is 1.41 bits per heavy atom. The Kier molecular flexibility index (Phi) is 2.94. The van der Waals surface area contributed by atoms with Crippen LogP contribution in [0.25, 0.3) is 10.9 Å². The fourth-order valence-corrected chi connectivity index (χ4v) is 3.40. The molecule has 0 aliphatic carbocycles. The van der Waals surface area contributed by atoms with E-state index in [0.29, 0.717) is 5.56 Å². The van der Waals surface area contributed by atoms with Crippen LogP contribution in [0.3, 0.4) is 0 Å². The first-order chi connectivity index (χ1) is 10.7. The van der Waals surface area contributed by atoms with Crippen LogP contribution >= 0.6 is 0 Å². The van der Waals surface area contributed by atoms with Crippen molar-refractivity contribution in [1.82, 2.24) is 5.32 Å². The van der Waals surface area contributed by atoms with Crippen molar-refractivity contribution >= 4 is 22.6 Å². The van der Waals surface area contributed by atoms with Gasteiger partial charge in [0.05, 0.1) is 19.2 Å². The molecule has 2 aliphatic heterocycles. The van der Waals surface area contributed by atoms with Crippen LogP contribution in [0.15, 0.2) is 24.3 Å². The molecule has 0 unspecified atom stereocenters. The van der Waals surface area contributed by atoms with Crippen LogP contribution in [0.1, 0.15) is 24.6 Å². The van der Waals surface area contributed by atoms with Crippen molar-refractivity contribution in [2.24, 2.45) is 0 Å². The van der Waals surface area contributed by atoms with Crippen LogP contribution < -0.4 is 19.9 Å². The van der Waals surface area contributed by atoms with Crippen molar-refractivity contribution in [3.8, 4) is 5.75 Å².